The second kappa shape index (κ2) is 7.83. The molecule has 126 valence electrons. The molecule has 0 saturated heterocycles. The maximum absolute atomic E-state index is 12.6. The van der Waals surface area contributed by atoms with Gasteiger partial charge in [0.1, 0.15) is 11.5 Å². The van der Waals surface area contributed by atoms with Crippen LogP contribution in [0.25, 0.3) is 6.08 Å². The van der Waals surface area contributed by atoms with E-state index in [4.69, 9.17) is 16.0 Å². The Kier molecular flexibility index (Phi) is 5.33. The average Bonchev–Trinajstić information content (AvgIpc) is 3.28. The molecule has 3 rings (SSSR count). The number of nitrogens with one attached hydrogen (secondary N) is 2. The fourth-order valence-electron chi connectivity index (χ4n) is 2.03. The summed E-state index contributed by atoms with van der Waals surface area (Å²) in [6.45, 7) is 0. The highest BCUT2D eigenvalue weighted by molar-refractivity contribution is 7.12. The van der Waals surface area contributed by atoms with Gasteiger partial charge in [-0.25, -0.2) is 0 Å². The summed E-state index contributed by atoms with van der Waals surface area (Å²) in [7, 11) is 0. The number of anilines is 1. The van der Waals surface area contributed by atoms with Crippen LogP contribution in [-0.2, 0) is 4.79 Å². The molecule has 7 heteroatoms. The number of rotatable bonds is 5. The van der Waals surface area contributed by atoms with Crippen molar-refractivity contribution in [3.8, 4) is 0 Å². The first-order valence-corrected chi connectivity index (χ1v) is 8.54. The first-order valence-electron chi connectivity index (χ1n) is 7.29. The lowest BCUT2D eigenvalue weighted by Gasteiger charge is -2.10. The summed E-state index contributed by atoms with van der Waals surface area (Å²) in [5.41, 5.74) is 0.585. The normalized spacial score (nSPS) is 11.2. The lowest BCUT2D eigenvalue weighted by atomic mass is 10.2. The predicted molar refractivity (Wildman–Crippen MR) is 98.6 cm³/mol. The van der Waals surface area contributed by atoms with Crippen molar-refractivity contribution < 1.29 is 14.0 Å². The average molecular weight is 373 g/mol. The van der Waals surface area contributed by atoms with E-state index in [0.717, 1.165) is 0 Å². The maximum atomic E-state index is 12.6. The molecule has 0 aliphatic rings. The molecule has 0 unspecified atom stereocenters. The number of hydrogen-bond donors (Lipinski definition) is 2. The van der Waals surface area contributed by atoms with Crippen molar-refractivity contribution >= 4 is 46.5 Å². The van der Waals surface area contributed by atoms with Crippen LogP contribution in [0.1, 0.15) is 15.4 Å². The van der Waals surface area contributed by atoms with Crippen LogP contribution in [0.3, 0.4) is 0 Å². The van der Waals surface area contributed by atoms with E-state index in [1.807, 2.05) is 0 Å². The van der Waals surface area contributed by atoms with Crippen LogP contribution in [0, 0.1) is 0 Å². The third-order valence-corrected chi connectivity index (χ3v) is 4.25. The number of benzene rings is 1. The van der Waals surface area contributed by atoms with Crippen molar-refractivity contribution in [2.24, 2.45) is 0 Å². The van der Waals surface area contributed by atoms with Gasteiger partial charge in [0.15, 0.2) is 0 Å². The first kappa shape index (κ1) is 17.0. The molecule has 0 spiro atoms. The van der Waals surface area contributed by atoms with E-state index < -0.39 is 5.91 Å². The summed E-state index contributed by atoms with van der Waals surface area (Å²) >= 11 is 7.21. The third-order valence-electron chi connectivity index (χ3n) is 3.15. The second-order valence-corrected chi connectivity index (χ2v) is 6.35. The Bertz CT molecular complexity index is 902. The molecule has 0 fully saturated rings. The van der Waals surface area contributed by atoms with Crippen molar-refractivity contribution in [2.45, 2.75) is 0 Å². The minimum atomic E-state index is -0.483. The highest BCUT2D eigenvalue weighted by Crippen LogP contribution is 2.17. The predicted octanol–water partition coefficient (Wildman–Crippen LogP) is 4.40. The van der Waals surface area contributed by atoms with Crippen molar-refractivity contribution in [2.75, 3.05) is 5.32 Å². The van der Waals surface area contributed by atoms with Gasteiger partial charge in [0.25, 0.3) is 11.8 Å². The van der Waals surface area contributed by atoms with Crippen molar-refractivity contribution in [1.82, 2.24) is 5.32 Å². The topological polar surface area (TPSA) is 71.3 Å². The van der Waals surface area contributed by atoms with Crippen molar-refractivity contribution in [3.05, 3.63) is 81.5 Å². The Balaban J connectivity index is 1.83. The molecule has 0 saturated carbocycles. The molecule has 25 heavy (non-hydrogen) atoms. The summed E-state index contributed by atoms with van der Waals surface area (Å²) in [5, 5.41) is 7.61. The molecule has 0 atom stereocenters. The summed E-state index contributed by atoms with van der Waals surface area (Å²) in [4.78, 5) is 25.4. The zero-order valence-electron chi connectivity index (χ0n) is 12.9. The molecule has 2 N–H and O–H groups in total. The Morgan fingerprint density at radius 2 is 2.00 bits per heavy atom. The van der Waals surface area contributed by atoms with Crippen LogP contribution >= 0.6 is 22.9 Å². The summed E-state index contributed by atoms with van der Waals surface area (Å²) in [5.74, 6) is -0.402. The number of hydrogen-bond acceptors (Lipinski definition) is 4. The molecular formula is C18H13ClN2O3S. The van der Waals surface area contributed by atoms with E-state index >= 15 is 0 Å². The van der Waals surface area contributed by atoms with Gasteiger partial charge in [0, 0.05) is 16.8 Å². The van der Waals surface area contributed by atoms with E-state index in [0.29, 0.717) is 21.3 Å². The van der Waals surface area contributed by atoms with Crippen LogP contribution < -0.4 is 10.6 Å². The lowest BCUT2D eigenvalue weighted by molar-refractivity contribution is -0.113. The third kappa shape index (κ3) is 4.59. The number of halogens is 1. The van der Waals surface area contributed by atoms with Gasteiger partial charge in [0.05, 0.1) is 11.1 Å². The molecule has 3 aromatic rings. The fraction of sp³-hybridized carbons (Fsp3) is 0. The standard InChI is InChI=1S/C18H13ClN2O3S/c19-12-4-1-5-13(10-12)20-17(22)15(11-14-6-2-8-24-14)21-18(23)16-7-3-9-25-16/h1-11H,(H,20,22)(H,21,23). The molecule has 2 amide bonds. The number of carbonyl (C=O) groups excluding carboxylic acids is 2. The molecule has 5 nitrogen and oxygen atoms in total. The van der Waals surface area contributed by atoms with E-state index in [1.54, 1.807) is 53.9 Å². The highest BCUT2D eigenvalue weighted by atomic mass is 35.5. The quantitative estimate of drug-likeness (QED) is 0.652. The molecule has 0 bridgehead atoms. The van der Waals surface area contributed by atoms with Gasteiger partial charge >= 0.3 is 0 Å². The van der Waals surface area contributed by atoms with Gasteiger partial charge in [-0.15, -0.1) is 11.3 Å². The first-order chi connectivity index (χ1) is 12.1. The lowest BCUT2D eigenvalue weighted by Crippen LogP contribution is -2.30. The highest BCUT2D eigenvalue weighted by Gasteiger charge is 2.16. The van der Waals surface area contributed by atoms with Crippen molar-refractivity contribution in [3.63, 3.8) is 0 Å². The fourth-order valence-corrected chi connectivity index (χ4v) is 2.84. The van der Waals surface area contributed by atoms with E-state index in [2.05, 4.69) is 10.6 Å². The summed E-state index contributed by atoms with van der Waals surface area (Å²) < 4.78 is 5.23. The van der Waals surface area contributed by atoms with E-state index in [-0.39, 0.29) is 11.6 Å². The molecule has 2 heterocycles. The van der Waals surface area contributed by atoms with Gasteiger partial charge in [-0.2, -0.15) is 0 Å². The number of carbonyl (C=O) groups is 2. The maximum Gasteiger partial charge on any atom is 0.272 e. The van der Waals surface area contributed by atoms with Gasteiger partial charge in [0.2, 0.25) is 0 Å². The zero-order chi connectivity index (χ0) is 17.6. The molecule has 0 aliphatic carbocycles. The monoisotopic (exact) mass is 372 g/mol. The Labute approximate surface area is 152 Å². The van der Waals surface area contributed by atoms with Crippen LogP contribution in [0.15, 0.2) is 70.3 Å². The molecular weight excluding hydrogens is 360 g/mol. The van der Waals surface area contributed by atoms with Crippen LogP contribution in [0.2, 0.25) is 5.02 Å². The second-order valence-electron chi connectivity index (χ2n) is 4.97. The van der Waals surface area contributed by atoms with Gasteiger partial charge < -0.3 is 15.1 Å². The van der Waals surface area contributed by atoms with E-state index in [1.165, 1.54) is 23.7 Å². The van der Waals surface area contributed by atoms with Gasteiger partial charge in [-0.3, -0.25) is 9.59 Å². The SMILES string of the molecule is O=C(Nc1cccc(Cl)c1)C(=Cc1ccco1)NC(=O)c1cccs1. The number of amides is 2. The Morgan fingerprint density at radius 1 is 1.12 bits per heavy atom. The van der Waals surface area contributed by atoms with Gasteiger partial charge in [-0.1, -0.05) is 23.7 Å². The molecule has 0 radical (unpaired) electrons. The molecule has 2 aromatic heterocycles. The number of thiophene rings is 1. The van der Waals surface area contributed by atoms with Crippen LogP contribution in [0.5, 0.6) is 0 Å². The summed E-state index contributed by atoms with van der Waals surface area (Å²) in [6.07, 6.45) is 2.95. The Hall–Kier alpha value is -2.83. The zero-order valence-corrected chi connectivity index (χ0v) is 14.4. The smallest absolute Gasteiger partial charge is 0.272 e. The molecule has 1 aromatic carbocycles. The molecule has 0 aliphatic heterocycles. The number of furan rings is 1. The van der Waals surface area contributed by atoms with Crippen LogP contribution in [0.4, 0.5) is 5.69 Å². The largest absolute Gasteiger partial charge is 0.465 e. The summed E-state index contributed by atoms with van der Waals surface area (Å²) in [6, 6.07) is 13.6. The van der Waals surface area contributed by atoms with E-state index in [9.17, 15) is 9.59 Å². The van der Waals surface area contributed by atoms with Gasteiger partial charge in [-0.05, 0) is 41.8 Å². The van der Waals surface area contributed by atoms with Crippen LogP contribution in [-0.4, -0.2) is 11.8 Å². The minimum absolute atomic E-state index is 0.0633. The Morgan fingerprint density at radius 3 is 2.68 bits per heavy atom. The minimum Gasteiger partial charge on any atom is -0.465 e. The van der Waals surface area contributed by atoms with Crippen molar-refractivity contribution in [1.29, 1.82) is 0 Å².